The molecule has 2 N–H and O–H groups in total. The summed E-state index contributed by atoms with van der Waals surface area (Å²) >= 11 is 0. The minimum absolute atomic E-state index is 0.469. The molecule has 6 heteroatoms. The lowest BCUT2D eigenvalue weighted by Gasteiger charge is -2.09. The largest absolute Gasteiger partial charge is 0.417 e. The van der Waals surface area contributed by atoms with Crippen molar-refractivity contribution >= 4 is 0 Å². The predicted octanol–water partition coefficient (Wildman–Crippen LogP) is 2.58. The molecule has 3 nitrogen and oxygen atoms in total. The first-order chi connectivity index (χ1) is 8.89. The van der Waals surface area contributed by atoms with Crippen molar-refractivity contribution in [2.45, 2.75) is 39.0 Å². The summed E-state index contributed by atoms with van der Waals surface area (Å²) in [7, 11) is 0. The Balaban J connectivity index is 2.23. The number of aromatic nitrogens is 1. The third-order valence-corrected chi connectivity index (χ3v) is 2.54. The smallest absolute Gasteiger partial charge is 0.314 e. The Morgan fingerprint density at radius 2 is 1.95 bits per heavy atom. The van der Waals surface area contributed by atoms with Crippen molar-refractivity contribution in [2.24, 2.45) is 0 Å². The molecule has 0 saturated carbocycles. The summed E-state index contributed by atoms with van der Waals surface area (Å²) < 4.78 is 36.9. The van der Waals surface area contributed by atoms with E-state index in [9.17, 15) is 13.2 Å². The van der Waals surface area contributed by atoms with E-state index >= 15 is 0 Å². The highest BCUT2D eigenvalue weighted by Gasteiger charge is 2.30. The van der Waals surface area contributed by atoms with E-state index in [2.05, 4.69) is 29.5 Å². The summed E-state index contributed by atoms with van der Waals surface area (Å²) in [5, 5.41) is 6.44. The van der Waals surface area contributed by atoms with Gasteiger partial charge in [0, 0.05) is 18.8 Å². The number of hydrogen-bond acceptors (Lipinski definition) is 3. The number of hydrogen-bond donors (Lipinski definition) is 2. The van der Waals surface area contributed by atoms with Gasteiger partial charge in [0.1, 0.15) is 0 Å². The first kappa shape index (κ1) is 15.9. The maximum absolute atomic E-state index is 12.3. The van der Waals surface area contributed by atoms with Gasteiger partial charge in [-0.3, -0.25) is 4.98 Å². The summed E-state index contributed by atoms with van der Waals surface area (Å²) in [6.45, 7) is 6.38. The van der Waals surface area contributed by atoms with E-state index in [0.717, 1.165) is 31.8 Å². The highest BCUT2D eigenvalue weighted by atomic mass is 19.4. The number of pyridine rings is 1. The van der Waals surface area contributed by atoms with Crippen LogP contribution in [-0.2, 0) is 12.7 Å². The van der Waals surface area contributed by atoms with E-state index < -0.39 is 11.7 Å². The maximum atomic E-state index is 12.3. The van der Waals surface area contributed by atoms with Crippen molar-refractivity contribution in [3.8, 4) is 0 Å². The average molecular weight is 275 g/mol. The highest BCUT2D eigenvalue weighted by molar-refractivity contribution is 5.16. The fourth-order valence-electron chi connectivity index (χ4n) is 1.52. The number of halogens is 3. The van der Waals surface area contributed by atoms with Gasteiger partial charge in [-0.25, -0.2) is 0 Å². The molecule has 1 aromatic heterocycles. The van der Waals surface area contributed by atoms with Crippen molar-refractivity contribution in [3.63, 3.8) is 0 Å². The minimum atomic E-state index is -4.32. The lowest BCUT2D eigenvalue weighted by atomic mass is 10.2. The summed E-state index contributed by atoms with van der Waals surface area (Å²) in [5.41, 5.74) is -0.0952. The molecule has 0 spiro atoms. The van der Waals surface area contributed by atoms with E-state index in [0.29, 0.717) is 18.3 Å². The monoisotopic (exact) mass is 275 g/mol. The van der Waals surface area contributed by atoms with Crippen LogP contribution in [0.25, 0.3) is 0 Å². The zero-order valence-electron chi connectivity index (χ0n) is 11.2. The highest BCUT2D eigenvalue weighted by Crippen LogP contribution is 2.28. The van der Waals surface area contributed by atoms with Gasteiger partial charge in [0.25, 0.3) is 0 Å². The van der Waals surface area contributed by atoms with Gasteiger partial charge in [0.2, 0.25) is 0 Å². The Labute approximate surface area is 111 Å². The van der Waals surface area contributed by atoms with Crippen LogP contribution in [0.3, 0.4) is 0 Å². The maximum Gasteiger partial charge on any atom is 0.417 e. The quantitative estimate of drug-likeness (QED) is 0.751. The molecule has 19 heavy (non-hydrogen) atoms. The first-order valence-electron chi connectivity index (χ1n) is 6.36. The van der Waals surface area contributed by atoms with Gasteiger partial charge in [0.15, 0.2) is 0 Å². The topological polar surface area (TPSA) is 37.0 Å². The average Bonchev–Trinajstić information content (AvgIpc) is 2.32. The lowest BCUT2D eigenvalue weighted by Crippen LogP contribution is -2.26. The standard InChI is InChI=1S/C13H20F3N3/c1-10(2)18-7-3-6-17-9-12-5-4-11(8-19-12)13(14,15)16/h4-5,8,10,17-18H,3,6-7,9H2,1-2H3. The summed E-state index contributed by atoms with van der Waals surface area (Å²) in [6.07, 6.45) is -2.47. The van der Waals surface area contributed by atoms with Gasteiger partial charge in [-0.15, -0.1) is 0 Å². The SMILES string of the molecule is CC(C)NCCCNCc1ccc(C(F)(F)F)cn1. The van der Waals surface area contributed by atoms with E-state index in [1.54, 1.807) is 0 Å². The molecule has 108 valence electrons. The van der Waals surface area contributed by atoms with Gasteiger partial charge in [0.05, 0.1) is 11.3 Å². The van der Waals surface area contributed by atoms with Crippen molar-refractivity contribution in [1.82, 2.24) is 15.6 Å². The Kier molecular flexibility index (Phi) is 6.24. The summed E-state index contributed by atoms with van der Waals surface area (Å²) in [6, 6.07) is 2.93. The van der Waals surface area contributed by atoms with Crippen molar-refractivity contribution in [1.29, 1.82) is 0 Å². The lowest BCUT2D eigenvalue weighted by molar-refractivity contribution is -0.137. The van der Waals surface area contributed by atoms with Crippen LogP contribution in [0.15, 0.2) is 18.3 Å². The summed E-state index contributed by atoms with van der Waals surface area (Å²) in [5.74, 6) is 0. The van der Waals surface area contributed by atoms with E-state index in [1.807, 2.05) is 0 Å². The van der Waals surface area contributed by atoms with Gasteiger partial charge >= 0.3 is 6.18 Å². The van der Waals surface area contributed by atoms with E-state index in [1.165, 1.54) is 6.07 Å². The van der Waals surface area contributed by atoms with Crippen LogP contribution >= 0.6 is 0 Å². The molecule has 0 saturated heterocycles. The first-order valence-corrected chi connectivity index (χ1v) is 6.36. The normalized spacial score (nSPS) is 12.1. The Morgan fingerprint density at radius 3 is 2.47 bits per heavy atom. The molecule has 1 aromatic rings. The van der Waals surface area contributed by atoms with Gasteiger partial charge in [-0.1, -0.05) is 13.8 Å². The van der Waals surface area contributed by atoms with Gasteiger partial charge in [-0.05, 0) is 31.6 Å². The fraction of sp³-hybridized carbons (Fsp3) is 0.615. The number of alkyl halides is 3. The number of rotatable bonds is 7. The second-order valence-electron chi connectivity index (χ2n) is 4.68. The third kappa shape index (κ3) is 6.54. The Hall–Kier alpha value is -1.14. The fourth-order valence-corrected chi connectivity index (χ4v) is 1.52. The Morgan fingerprint density at radius 1 is 1.21 bits per heavy atom. The van der Waals surface area contributed by atoms with Crippen LogP contribution < -0.4 is 10.6 Å². The van der Waals surface area contributed by atoms with Gasteiger partial charge < -0.3 is 10.6 Å². The molecule has 1 rings (SSSR count). The molecule has 0 radical (unpaired) electrons. The molecule has 0 atom stereocenters. The minimum Gasteiger partial charge on any atom is -0.314 e. The van der Waals surface area contributed by atoms with Crippen LogP contribution in [0, 0.1) is 0 Å². The zero-order valence-corrected chi connectivity index (χ0v) is 11.2. The summed E-state index contributed by atoms with van der Waals surface area (Å²) in [4.78, 5) is 3.79. The molecular formula is C13H20F3N3. The Bertz CT molecular complexity index is 360. The molecule has 0 aliphatic heterocycles. The van der Waals surface area contributed by atoms with Crippen molar-refractivity contribution in [2.75, 3.05) is 13.1 Å². The number of nitrogens with one attached hydrogen (secondary N) is 2. The van der Waals surface area contributed by atoms with Crippen LogP contribution in [0.1, 0.15) is 31.5 Å². The van der Waals surface area contributed by atoms with Crippen molar-refractivity contribution < 1.29 is 13.2 Å². The molecule has 1 heterocycles. The molecule has 0 amide bonds. The second-order valence-corrected chi connectivity index (χ2v) is 4.68. The molecule has 0 aromatic carbocycles. The number of nitrogens with zero attached hydrogens (tertiary/aromatic N) is 1. The van der Waals surface area contributed by atoms with Crippen LogP contribution in [0.4, 0.5) is 13.2 Å². The molecule has 0 bridgehead atoms. The van der Waals surface area contributed by atoms with Crippen LogP contribution in [0.5, 0.6) is 0 Å². The molecule has 0 aliphatic carbocycles. The molecular weight excluding hydrogens is 255 g/mol. The van der Waals surface area contributed by atoms with E-state index in [4.69, 9.17) is 0 Å². The molecule has 0 unspecified atom stereocenters. The van der Waals surface area contributed by atoms with Crippen LogP contribution in [-0.4, -0.2) is 24.1 Å². The zero-order chi connectivity index (χ0) is 14.3. The second kappa shape index (κ2) is 7.45. The third-order valence-electron chi connectivity index (χ3n) is 2.54. The molecule has 0 aliphatic rings. The molecule has 0 fully saturated rings. The van der Waals surface area contributed by atoms with E-state index in [-0.39, 0.29) is 0 Å². The van der Waals surface area contributed by atoms with Gasteiger partial charge in [-0.2, -0.15) is 13.2 Å². The van der Waals surface area contributed by atoms with Crippen LogP contribution in [0.2, 0.25) is 0 Å². The predicted molar refractivity (Wildman–Crippen MR) is 68.7 cm³/mol. The van der Waals surface area contributed by atoms with Crippen molar-refractivity contribution in [3.05, 3.63) is 29.6 Å².